The van der Waals surface area contributed by atoms with Crippen LogP contribution >= 0.6 is 0 Å². The van der Waals surface area contributed by atoms with Crippen molar-refractivity contribution in [2.45, 2.75) is 19.4 Å². The molecule has 3 nitrogen and oxygen atoms in total. The van der Waals surface area contributed by atoms with E-state index in [4.69, 9.17) is 0 Å². The number of hydrogen-bond acceptors (Lipinski definition) is 2. The van der Waals surface area contributed by atoms with Crippen LogP contribution in [0.25, 0.3) is 5.69 Å². The standard InChI is InChI=1S/C12H14N2O/c1-2-12(15)10-4-6-11(7-5-10)14-9-3-8-13-14/h3-9,12,15H,2H2,1H3/t12-/m0/s1. The van der Waals surface area contributed by atoms with E-state index >= 15 is 0 Å². The number of aliphatic hydroxyl groups excluding tert-OH is 1. The predicted octanol–water partition coefficient (Wildman–Crippen LogP) is 2.32. The summed E-state index contributed by atoms with van der Waals surface area (Å²) in [5.41, 5.74) is 1.96. The van der Waals surface area contributed by atoms with Crippen molar-refractivity contribution in [1.82, 2.24) is 9.78 Å². The first-order valence-electron chi connectivity index (χ1n) is 5.09. The van der Waals surface area contributed by atoms with Crippen LogP contribution < -0.4 is 0 Å². The minimum Gasteiger partial charge on any atom is -0.388 e. The lowest BCUT2D eigenvalue weighted by molar-refractivity contribution is 0.173. The Labute approximate surface area is 89.0 Å². The van der Waals surface area contributed by atoms with Crippen molar-refractivity contribution in [3.8, 4) is 5.69 Å². The molecular formula is C12H14N2O. The zero-order valence-corrected chi connectivity index (χ0v) is 8.67. The molecule has 0 amide bonds. The fourth-order valence-electron chi connectivity index (χ4n) is 1.51. The number of benzene rings is 1. The zero-order valence-electron chi connectivity index (χ0n) is 8.67. The normalized spacial score (nSPS) is 12.7. The van der Waals surface area contributed by atoms with Gasteiger partial charge in [-0.1, -0.05) is 19.1 Å². The largest absolute Gasteiger partial charge is 0.388 e. The number of aliphatic hydroxyl groups is 1. The van der Waals surface area contributed by atoms with Crippen molar-refractivity contribution in [3.63, 3.8) is 0 Å². The maximum Gasteiger partial charge on any atom is 0.0787 e. The molecule has 2 rings (SSSR count). The van der Waals surface area contributed by atoms with Crippen LogP contribution in [0, 0.1) is 0 Å². The highest BCUT2D eigenvalue weighted by atomic mass is 16.3. The van der Waals surface area contributed by atoms with E-state index in [2.05, 4.69) is 5.10 Å². The first-order chi connectivity index (χ1) is 7.31. The van der Waals surface area contributed by atoms with Crippen LogP contribution in [-0.4, -0.2) is 14.9 Å². The summed E-state index contributed by atoms with van der Waals surface area (Å²) in [5, 5.41) is 13.8. The van der Waals surface area contributed by atoms with Crippen molar-refractivity contribution in [2.24, 2.45) is 0 Å². The third-order valence-electron chi connectivity index (χ3n) is 2.43. The van der Waals surface area contributed by atoms with Gasteiger partial charge in [0.25, 0.3) is 0 Å². The maximum absolute atomic E-state index is 9.63. The Hall–Kier alpha value is -1.61. The Morgan fingerprint density at radius 2 is 2.07 bits per heavy atom. The Morgan fingerprint density at radius 3 is 2.60 bits per heavy atom. The van der Waals surface area contributed by atoms with Crippen molar-refractivity contribution < 1.29 is 5.11 Å². The van der Waals surface area contributed by atoms with Gasteiger partial charge in [-0.2, -0.15) is 5.10 Å². The highest BCUT2D eigenvalue weighted by molar-refractivity contribution is 5.34. The molecule has 0 fully saturated rings. The Morgan fingerprint density at radius 1 is 1.33 bits per heavy atom. The van der Waals surface area contributed by atoms with Gasteiger partial charge in [0.15, 0.2) is 0 Å². The molecule has 1 N–H and O–H groups in total. The molecule has 0 aliphatic carbocycles. The molecular weight excluding hydrogens is 188 g/mol. The predicted molar refractivity (Wildman–Crippen MR) is 58.8 cm³/mol. The molecule has 1 aromatic carbocycles. The van der Waals surface area contributed by atoms with Gasteiger partial charge in [0.1, 0.15) is 0 Å². The first-order valence-corrected chi connectivity index (χ1v) is 5.09. The summed E-state index contributed by atoms with van der Waals surface area (Å²) >= 11 is 0. The summed E-state index contributed by atoms with van der Waals surface area (Å²) in [4.78, 5) is 0. The third kappa shape index (κ3) is 2.07. The average molecular weight is 202 g/mol. The Kier molecular flexibility index (Phi) is 2.83. The van der Waals surface area contributed by atoms with E-state index in [1.54, 1.807) is 10.9 Å². The van der Waals surface area contributed by atoms with Gasteiger partial charge in [-0.25, -0.2) is 4.68 Å². The lowest BCUT2D eigenvalue weighted by atomic mass is 10.1. The van der Waals surface area contributed by atoms with Crippen molar-refractivity contribution in [2.75, 3.05) is 0 Å². The summed E-state index contributed by atoms with van der Waals surface area (Å²) in [6.07, 6.45) is 4.01. The minimum atomic E-state index is -0.364. The van der Waals surface area contributed by atoms with Crippen molar-refractivity contribution in [1.29, 1.82) is 0 Å². The van der Waals surface area contributed by atoms with Gasteiger partial charge in [-0.15, -0.1) is 0 Å². The van der Waals surface area contributed by atoms with E-state index in [1.165, 1.54) is 0 Å². The lowest BCUT2D eigenvalue weighted by Gasteiger charge is -2.08. The van der Waals surface area contributed by atoms with E-state index < -0.39 is 0 Å². The summed E-state index contributed by atoms with van der Waals surface area (Å²) in [6, 6.07) is 9.67. The van der Waals surface area contributed by atoms with E-state index in [9.17, 15) is 5.11 Å². The highest BCUT2D eigenvalue weighted by Gasteiger charge is 2.04. The molecule has 0 aliphatic rings. The molecule has 0 spiro atoms. The number of hydrogen-bond donors (Lipinski definition) is 1. The summed E-state index contributed by atoms with van der Waals surface area (Å²) in [7, 11) is 0. The first kappa shape index (κ1) is 9.93. The van der Waals surface area contributed by atoms with Crippen LogP contribution in [0.4, 0.5) is 0 Å². The fraction of sp³-hybridized carbons (Fsp3) is 0.250. The van der Waals surface area contributed by atoms with Crippen LogP contribution in [0.15, 0.2) is 42.7 Å². The van der Waals surface area contributed by atoms with Crippen LogP contribution in [0.2, 0.25) is 0 Å². The fourth-order valence-corrected chi connectivity index (χ4v) is 1.51. The maximum atomic E-state index is 9.63. The van der Waals surface area contributed by atoms with Crippen molar-refractivity contribution >= 4 is 0 Å². The van der Waals surface area contributed by atoms with Gasteiger partial charge >= 0.3 is 0 Å². The molecule has 78 valence electrons. The molecule has 3 heteroatoms. The summed E-state index contributed by atoms with van der Waals surface area (Å²) in [5.74, 6) is 0. The second-order valence-electron chi connectivity index (χ2n) is 3.47. The van der Waals surface area contributed by atoms with Crippen LogP contribution in [-0.2, 0) is 0 Å². The molecule has 0 unspecified atom stereocenters. The highest BCUT2D eigenvalue weighted by Crippen LogP contribution is 2.17. The third-order valence-corrected chi connectivity index (χ3v) is 2.43. The van der Waals surface area contributed by atoms with Gasteiger partial charge in [0, 0.05) is 12.4 Å². The molecule has 15 heavy (non-hydrogen) atoms. The van der Waals surface area contributed by atoms with Crippen LogP contribution in [0.5, 0.6) is 0 Å². The van der Waals surface area contributed by atoms with Crippen molar-refractivity contribution in [3.05, 3.63) is 48.3 Å². The van der Waals surface area contributed by atoms with Gasteiger partial charge in [-0.05, 0) is 30.2 Å². The topological polar surface area (TPSA) is 38.0 Å². The molecule has 1 heterocycles. The SMILES string of the molecule is CC[C@H](O)c1ccc(-n2cccn2)cc1. The second kappa shape index (κ2) is 4.28. The zero-order chi connectivity index (χ0) is 10.7. The molecule has 0 saturated carbocycles. The minimum absolute atomic E-state index is 0.364. The Bertz CT molecular complexity index is 406. The number of aromatic nitrogens is 2. The quantitative estimate of drug-likeness (QED) is 0.829. The van der Waals surface area contributed by atoms with Gasteiger partial charge in [0.05, 0.1) is 11.8 Å². The molecule has 0 bridgehead atoms. The summed E-state index contributed by atoms with van der Waals surface area (Å²) in [6.45, 7) is 1.96. The van der Waals surface area contributed by atoms with Gasteiger partial charge in [-0.3, -0.25) is 0 Å². The molecule has 1 atom stereocenters. The molecule has 0 radical (unpaired) electrons. The summed E-state index contributed by atoms with van der Waals surface area (Å²) < 4.78 is 1.79. The van der Waals surface area contributed by atoms with Crippen LogP contribution in [0.3, 0.4) is 0 Å². The van der Waals surface area contributed by atoms with Crippen LogP contribution in [0.1, 0.15) is 25.0 Å². The molecule has 0 saturated heterocycles. The number of nitrogens with zero attached hydrogens (tertiary/aromatic N) is 2. The molecule has 1 aromatic heterocycles. The van der Waals surface area contributed by atoms with E-state index in [1.807, 2.05) is 43.5 Å². The van der Waals surface area contributed by atoms with E-state index in [0.717, 1.165) is 17.7 Å². The molecule has 2 aromatic rings. The lowest BCUT2D eigenvalue weighted by Crippen LogP contribution is -1.97. The van der Waals surface area contributed by atoms with E-state index in [-0.39, 0.29) is 6.10 Å². The Balaban J connectivity index is 2.25. The van der Waals surface area contributed by atoms with Gasteiger partial charge in [0.2, 0.25) is 0 Å². The van der Waals surface area contributed by atoms with E-state index in [0.29, 0.717) is 0 Å². The van der Waals surface area contributed by atoms with Gasteiger partial charge < -0.3 is 5.11 Å². The second-order valence-corrected chi connectivity index (χ2v) is 3.47. The number of rotatable bonds is 3. The smallest absolute Gasteiger partial charge is 0.0787 e. The average Bonchev–Trinajstić information content (AvgIpc) is 2.82. The molecule has 0 aliphatic heterocycles. The monoisotopic (exact) mass is 202 g/mol.